The standard InChI is InChI=1S/C21H16Cl2F3N7O3/c1-36-19(34)18-28-15(29-33(18)17-14(23)3-2-9-27-17)11-32-20(35)31(10-8-21(24,25)26)16(30-32)12-4-6-13(22)7-5-12/h2-7,9H,8,10-11H2,1H3. The molecule has 36 heavy (non-hydrogen) atoms. The summed E-state index contributed by atoms with van der Waals surface area (Å²) in [6.45, 7) is -1.01. The predicted molar refractivity (Wildman–Crippen MR) is 122 cm³/mol. The van der Waals surface area contributed by atoms with Crippen molar-refractivity contribution in [2.45, 2.75) is 25.7 Å². The van der Waals surface area contributed by atoms with Gasteiger partial charge in [0.15, 0.2) is 17.5 Å². The number of rotatable bonds is 7. The lowest BCUT2D eigenvalue weighted by atomic mass is 10.2. The Balaban J connectivity index is 1.77. The molecule has 0 atom stereocenters. The number of halogens is 5. The molecule has 0 amide bonds. The van der Waals surface area contributed by atoms with Gasteiger partial charge in [-0.1, -0.05) is 23.2 Å². The lowest BCUT2D eigenvalue weighted by molar-refractivity contribution is -0.136. The zero-order chi connectivity index (χ0) is 26.0. The van der Waals surface area contributed by atoms with Gasteiger partial charge in [0.05, 0.1) is 18.6 Å². The summed E-state index contributed by atoms with van der Waals surface area (Å²) in [5.74, 6) is -1.08. The van der Waals surface area contributed by atoms with Crippen LogP contribution in [0.25, 0.3) is 17.2 Å². The molecule has 0 aliphatic carbocycles. The first-order valence-corrected chi connectivity index (χ1v) is 11.0. The van der Waals surface area contributed by atoms with Crippen molar-refractivity contribution in [3.05, 3.63) is 74.8 Å². The second kappa shape index (κ2) is 10.1. The molecule has 3 heterocycles. The molecule has 0 aliphatic rings. The summed E-state index contributed by atoms with van der Waals surface area (Å²) in [4.78, 5) is 33.5. The van der Waals surface area contributed by atoms with Crippen molar-refractivity contribution < 1.29 is 22.7 Å². The SMILES string of the molecule is COC(=O)c1nc(Cn2nc(-c3ccc(Cl)cc3)n(CCC(F)(F)F)c2=O)nn1-c1ncccc1Cl. The highest BCUT2D eigenvalue weighted by atomic mass is 35.5. The number of methoxy groups -OCH3 is 1. The van der Waals surface area contributed by atoms with Gasteiger partial charge in [0.2, 0.25) is 5.82 Å². The van der Waals surface area contributed by atoms with Gasteiger partial charge in [0.1, 0.15) is 6.54 Å². The van der Waals surface area contributed by atoms with Gasteiger partial charge < -0.3 is 4.74 Å². The van der Waals surface area contributed by atoms with Crippen molar-refractivity contribution in [1.82, 2.24) is 34.1 Å². The first-order valence-electron chi connectivity index (χ1n) is 10.2. The molecule has 0 saturated heterocycles. The highest BCUT2D eigenvalue weighted by molar-refractivity contribution is 6.32. The molecule has 0 N–H and O–H groups in total. The Labute approximate surface area is 210 Å². The number of carbonyl (C=O) groups is 1. The predicted octanol–water partition coefficient (Wildman–Crippen LogP) is 3.78. The van der Waals surface area contributed by atoms with Gasteiger partial charge >= 0.3 is 17.8 Å². The van der Waals surface area contributed by atoms with Crippen LogP contribution in [0.2, 0.25) is 10.0 Å². The Morgan fingerprint density at radius 1 is 1.11 bits per heavy atom. The topological polar surface area (TPSA) is 110 Å². The minimum Gasteiger partial charge on any atom is -0.463 e. The summed E-state index contributed by atoms with van der Waals surface area (Å²) in [5.41, 5.74) is -0.442. The summed E-state index contributed by atoms with van der Waals surface area (Å²) < 4.78 is 46.4. The normalized spacial score (nSPS) is 11.6. The minimum absolute atomic E-state index is 0.00121. The van der Waals surface area contributed by atoms with Crippen LogP contribution in [0.4, 0.5) is 13.2 Å². The van der Waals surface area contributed by atoms with Gasteiger partial charge in [-0.25, -0.2) is 24.2 Å². The molecular weight excluding hydrogens is 526 g/mol. The molecule has 0 unspecified atom stereocenters. The lowest BCUT2D eigenvalue weighted by Gasteiger charge is -2.08. The lowest BCUT2D eigenvalue weighted by Crippen LogP contribution is -2.27. The number of ether oxygens (including phenoxy) is 1. The van der Waals surface area contributed by atoms with Crippen LogP contribution in [0.5, 0.6) is 0 Å². The van der Waals surface area contributed by atoms with Crippen LogP contribution in [0.3, 0.4) is 0 Å². The van der Waals surface area contributed by atoms with Crippen LogP contribution >= 0.6 is 23.2 Å². The Morgan fingerprint density at radius 3 is 2.47 bits per heavy atom. The molecule has 15 heteroatoms. The minimum atomic E-state index is -4.49. The third kappa shape index (κ3) is 5.41. The highest BCUT2D eigenvalue weighted by Crippen LogP contribution is 2.24. The average molecular weight is 542 g/mol. The maximum absolute atomic E-state index is 13.0. The zero-order valence-electron chi connectivity index (χ0n) is 18.4. The maximum Gasteiger partial charge on any atom is 0.390 e. The van der Waals surface area contributed by atoms with E-state index in [9.17, 15) is 22.8 Å². The van der Waals surface area contributed by atoms with E-state index in [0.29, 0.717) is 10.6 Å². The summed E-state index contributed by atoms with van der Waals surface area (Å²) in [6, 6.07) is 9.21. The van der Waals surface area contributed by atoms with Gasteiger partial charge in [-0.15, -0.1) is 10.2 Å². The van der Waals surface area contributed by atoms with Crippen LogP contribution in [0.15, 0.2) is 47.4 Å². The van der Waals surface area contributed by atoms with E-state index >= 15 is 0 Å². The number of hydrogen-bond donors (Lipinski definition) is 0. The van der Waals surface area contributed by atoms with E-state index in [2.05, 4.69) is 20.2 Å². The van der Waals surface area contributed by atoms with Crippen LogP contribution in [0, 0.1) is 0 Å². The van der Waals surface area contributed by atoms with E-state index in [1.54, 1.807) is 6.07 Å². The Bertz CT molecular complexity index is 1460. The number of esters is 1. The molecule has 4 rings (SSSR count). The van der Waals surface area contributed by atoms with E-state index in [4.69, 9.17) is 27.9 Å². The number of nitrogens with zero attached hydrogens (tertiary/aromatic N) is 7. The Kier molecular flexibility index (Phi) is 7.13. The smallest absolute Gasteiger partial charge is 0.390 e. The fraction of sp³-hybridized carbons (Fsp3) is 0.238. The van der Waals surface area contributed by atoms with E-state index < -0.39 is 30.8 Å². The fourth-order valence-corrected chi connectivity index (χ4v) is 3.58. The van der Waals surface area contributed by atoms with Crippen LogP contribution in [0.1, 0.15) is 22.9 Å². The molecule has 4 aromatic rings. The molecule has 0 aliphatic heterocycles. The van der Waals surface area contributed by atoms with E-state index in [1.807, 2.05) is 0 Å². The third-order valence-corrected chi connectivity index (χ3v) is 5.44. The molecule has 188 valence electrons. The number of benzene rings is 1. The molecule has 10 nitrogen and oxygen atoms in total. The van der Waals surface area contributed by atoms with E-state index in [1.165, 1.54) is 36.5 Å². The first kappa shape index (κ1) is 25.4. The number of hydrogen-bond acceptors (Lipinski definition) is 7. The third-order valence-electron chi connectivity index (χ3n) is 4.89. The monoisotopic (exact) mass is 541 g/mol. The number of aromatic nitrogens is 7. The number of carbonyl (C=O) groups excluding carboxylic acids is 1. The summed E-state index contributed by atoms with van der Waals surface area (Å²) in [6.07, 6.45) is -4.30. The molecule has 0 radical (unpaired) electrons. The maximum atomic E-state index is 13.0. The molecule has 3 aromatic heterocycles. The molecule has 0 bridgehead atoms. The average Bonchev–Trinajstić information content (AvgIpc) is 3.39. The van der Waals surface area contributed by atoms with Crippen LogP contribution in [-0.2, 0) is 17.8 Å². The molecule has 1 aromatic carbocycles. The quantitative estimate of drug-likeness (QED) is 0.327. The van der Waals surface area contributed by atoms with Gasteiger partial charge in [0, 0.05) is 23.3 Å². The molecule has 0 saturated carbocycles. The molecule has 0 fully saturated rings. The number of alkyl halides is 3. The van der Waals surface area contributed by atoms with Crippen molar-refractivity contribution in [3.8, 4) is 17.2 Å². The van der Waals surface area contributed by atoms with E-state index in [-0.39, 0.29) is 34.9 Å². The van der Waals surface area contributed by atoms with Crippen molar-refractivity contribution in [3.63, 3.8) is 0 Å². The summed E-state index contributed by atoms with van der Waals surface area (Å²) in [7, 11) is 1.15. The Morgan fingerprint density at radius 2 is 1.83 bits per heavy atom. The first-order chi connectivity index (χ1) is 17.1. The molecule has 0 spiro atoms. The fourth-order valence-electron chi connectivity index (χ4n) is 3.26. The van der Waals surface area contributed by atoms with E-state index in [0.717, 1.165) is 21.0 Å². The van der Waals surface area contributed by atoms with Crippen molar-refractivity contribution >= 4 is 29.2 Å². The van der Waals surface area contributed by atoms with Crippen LogP contribution in [-0.4, -0.2) is 53.4 Å². The van der Waals surface area contributed by atoms with Gasteiger partial charge in [-0.05, 0) is 36.4 Å². The highest BCUT2D eigenvalue weighted by Gasteiger charge is 2.29. The zero-order valence-corrected chi connectivity index (χ0v) is 19.9. The summed E-state index contributed by atoms with van der Waals surface area (Å²) in [5, 5.41) is 8.98. The van der Waals surface area contributed by atoms with Crippen LogP contribution < -0.4 is 5.69 Å². The van der Waals surface area contributed by atoms with Crippen molar-refractivity contribution in [2.24, 2.45) is 0 Å². The Hall–Kier alpha value is -3.71. The molecular formula is C21H16Cl2F3N7O3. The van der Waals surface area contributed by atoms with Crippen molar-refractivity contribution in [2.75, 3.05) is 7.11 Å². The largest absolute Gasteiger partial charge is 0.463 e. The second-order valence-electron chi connectivity index (χ2n) is 7.35. The number of pyridine rings is 1. The van der Waals surface area contributed by atoms with Gasteiger partial charge in [0.25, 0.3) is 0 Å². The van der Waals surface area contributed by atoms with Gasteiger partial charge in [-0.3, -0.25) is 4.57 Å². The second-order valence-corrected chi connectivity index (χ2v) is 8.20. The van der Waals surface area contributed by atoms with Crippen molar-refractivity contribution in [1.29, 1.82) is 0 Å². The summed E-state index contributed by atoms with van der Waals surface area (Å²) >= 11 is 12.1. The van der Waals surface area contributed by atoms with Gasteiger partial charge in [-0.2, -0.15) is 17.9 Å².